The standard InChI is InChI=1S/C18H23N3/c1-14-7-6-10-17(20-14)12-21-13-18(19-11-15(21)2)16-8-4-3-5-9-16/h3-10,15,18-19H,11-13H2,1-2H3. The van der Waals surface area contributed by atoms with Crippen LogP contribution in [0.25, 0.3) is 0 Å². The van der Waals surface area contributed by atoms with Crippen LogP contribution in [-0.2, 0) is 6.54 Å². The minimum atomic E-state index is 0.409. The molecule has 110 valence electrons. The molecule has 3 rings (SSSR count). The molecule has 2 heterocycles. The Morgan fingerprint density at radius 2 is 1.95 bits per heavy atom. The van der Waals surface area contributed by atoms with Crippen molar-refractivity contribution < 1.29 is 0 Å². The van der Waals surface area contributed by atoms with E-state index in [1.165, 1.54) is 5.56 Å². The fraction of sp³-hybridized carbons (Fsp3) is 0.389. The van der Waals surface area contributed by atoms with Crippen molar-refractivity contribution in [3.63, 3.8) is 0 Å². The van der Waals surface area contributed by atoms with E-state index >= 15 is 0 Å². The Bertz CT molecular complexity index is 582. The average molecular weight is 281 g/mol. The summed E-state index contributed by atoms with van der Waals surface area (Å²) < 4.78 is 0. The van der Waals surface area contributed by atoms with Crippen LogP contribution in [0.3, 0.4) is 0 Å². The minimum absolute atomic E-state index is 0.409. The summed E-state index contributed by atoms with van der Waals surface area (Å²) in [4.78, 5) is 7.16. The summed E-state index contributed by atoms with van der Waals surface area (Å²) in [6.07, 6.45) is 0. The molecule has 0 amide bonds. The van der Waals surface area contributed by atoms with Gasteiger partial charge in [-0.15, -0.1) is 0 Å². The molecule has 3 nitrogen and oxygen atoms in total. The van der Waals surface area contributed by atoms with Gasteiger partial charge < -0.3 is 5.32 Å². The van der Waals surface area contributed by atoms with E-state index in [1.807, 2.05) is 0 Å². The fourth-order valence-corrected chi connectivity index (χ4v) is 2.95. The van der Waals surface area contributed by atoms with Gasteiger partial charge in [-0.05, 0) is 31.5 Å². The van der Waals surface area contributed by atoms with Crippen LogP contribution in [-0.4, -0.2) is 29.0 Å². The van der Waals surface area contributed by atoms with Crippen molar-refractivity contribution >= 4 is 0 Å². The van der Waals surface area contributed by atoms with Gasteiger partial charge in [-0.25, -0.2) is 0 Å². The van der Waals surface area contributed by atoms with Gasteiger partial charge in [-0.2, -0.15) is 0 Å². The quantitative estimate of drug-likeness (QED) is 0.937. The smallest absolute Gasteiger partial charge is 0.0547 e. The normalized spacial score (nSPS) is 23.1. The maximum atomic E-state index is 4.64. The minimum Gasteiger partial charge on any atom is -0.307 e. The summed E-state index contributed by atoms with van der Waals surface area (Å²) in [6.45, 7) is 7.31. The van der Waals surface area contributed by atoms with Crippen molar-refractivity contribution in [2.24, 2.45) is 0 Å². The summed E-state index contributed by atoms with van der Waals surface area (Å²) in [5.41, 5.74) is 3.62. The van der Waals surface area contributed by atoms with Crippen LogP contribution in [0.5, 0.6) is 0 Å². The van der Waals surface area contributed by atoms with E-state index in [0.717, 1.165) is 31.0 Å². The molecule has 0 radical (unpaired) electrons. The fourth-order valence-electron chi connectivity index (χ4n) is 2.95. The molecule has 1 N–H and O–H groups in total. The maximum absolute atomic E-state index is 4.64. The Hall–Kier alpha value is -1.71. The zero-order chi connectivity index (χ0) is 14.7. The van der Waals surface area contributed by atoms with Gasteiger partial charge in [0, 0.05) is 37.4 Å². The summed E-state index contributed by atoms with van der Waals surface area (Å²) in [5.74, 6) is 0. The SMILES string of the molecule is Cc1cccc(CN2CC(c3ccccc3)NCC2C)n1. The molecule has 3 heteroatoms. The third-order valence-electron chi connectivity index (χ3n) is 4.21. The number of piperazine rings is 1. The van der Waals surface area contributed by atoms with Crippen LogP contribution < -0.4 is 5.32 Å². The molecule has 0 aliphatic carbocycles. The van der Waals surface area contributed by atoms with Crippen molar-refractivity contribution in [2.45, 2.75) is 32.5 Å². The first-order valence-corrected chi connectivity index (χ1v) is 7.67. The Balaban J connectivity index is 1.72. The number of benzene rings is 1. The van der Waals surface area contributed by atoms with Gasteiger partial charge in [-0.1, -0.05) is 36.4 Å². The molecule has 1 saturated heterocycles. The first-order chi connectivity index (χ1) is 10.2. The number of hydrogen-bond acceptors (Lipinski definition) is 3. The number of nitrogens with zero attached hydrogens (tertiary/aromatic N) is 2. The van der Waals surface area contributed by atoms with E-state index in [9.17, 15) is 0 Å². The molecular weight excluding hydrogens is 258 g/mol. The Kier molecular flexibility index (Phi) is 4.32. The second-order valence-electron chi connectivity index (χ2n) is 5.92. The molecule has 21 heavy (non-hydrogen) atoms. The zero-order valence-corrected chi connectivity index (χ0v) is 12.8. The monoisotopic (exact) mass is 281 g/mol. The molecule has 2 aromatic rings. The van der Waals surface area contributed by atoms with Crippen LogP contribution in [0.15, 0.2) is 48.5 Å². The highest BCUT2D eigenvalue weighted by atomic mass is 15.2. The lowest BCUT2D eigenvalue weighted by Crippen LogP contribution is -2.50. The molecular formula is C18H23N3. The van der Waals surface area contributed by atoms with E-state index in [1.54, 1.807) is 0 Å². The molecule has 1 aliphatic heterocycles. The Morgan fingerprint density at radius 3 is 2.71 bits per heavy atom. The predicted octanol–water partition coefficient (Wildman–Crippen LogP) is 2.93. The van der Waals surface area contributed by atoms with Gasteiger partial charge >= 0.3 is 0 Å². The first-order valence-electron chi connectivity index (χ1n) is 7.67. The van der Waals surface area contributed by atoms with Crippen LogP contribution in [0.2, 0.25) is 0 Å². The predicted molar refractivity (Wildman–Crippen MR) is 86.0 cm³/mol. The van der Waals surface area contributed by atoms with E-state index < -0.39 is 0 Å². The molecule has 0 bridgehead atoms. The van der Waals surface area contributed by atoms with Gasteiger partial charge in [0.1, 0.15) is 0 Å². The molecule has 2 atom stereocenters. The van der Waals surface area contributed by atoms with E-state index in [4.69, 9.17) is 0 Å². The molecule has 1 aromatic heterocycles. The van der Waals surface area contributed by atoms with Crippen LogP contribution in [0, 0.1) is 6.92 Å². The summed E-state index contributed by atoms with van der Waals surface area (Å²) in [5, 5.41) is 3.65. The number of aryl methyl sites for hydroxylation is 1. The lowest BCUT2D eigenvalue weighted by atomic mass is 10.0. The molecule has 1 aliphatic rings. The third kappa shape index (κ3) is 3.49. The van der Waals surface area contributed by atoms with Crippen LogP contribution in [0.1, 0.15) is 29.9 Å². The second-order valence-corrected chi connectivity index (χ2v) is 5.92. The first kappa shape index (κ1) is 14.2. The van der Waals surface area contributed by atoms with E-state index in [-0.39, 0.29) is 0 Å². The Morgan fingerprint density at radius 1 is 1.14 bits per heavy atom. The van der Waals surface area contributed by atoms with Gasteiger partial charge in [0.25, 0.3) is 0 Å². The van der Waals surface area contributed by atoms with Crippen molar-refractivity contribution in [1.82, 2.24) is 15.2 Å². The number of rotatable bonds is 3. The summed E-state index contributed by atoms with van der Waals surface area (Å²) in [7, 11) is 0. The molecule has 0 saturated carbocycles. The Labute approximate surface area is 127 Å². The third-order valence-corrected chi connectivity index (χ3v) is 4.21. The van der Waals surface area contributed by atoms with Gasteiger partial charge in [-0.3, -0.25) is 9.88 Å². The van der Waals surface area contributed by atoms with Crippen molar-refractivity contribution in [3.05, 3.63) is 65.5 Å². The van der Waals surface area contributed by atoms with E-state index in [2.05, 4.69) is 77.6 Å². The highest BCUT2D eigenvalue weighted by molar-refractivity contribution is 5.20. The highest BCUT2D eigenvalue weighted by Crippen LogP contribution is 2.21. The van der Waals surface area contributed by atoms with Gasteiger partial charge in [0.15, 0.2) is 0 Å². The van der Waals surface area contributed by atoms with Gasteiger partial charge in [0.05, 0.1) is 5.69 Å². The summed E-state index contributed by atoms with van der Waals surface area (Å²) >= 11 is 0. The van der Waals surface area contributed by atoms with Crippen LogP contribution in [0.4, 0.5) is 0 Å². The maximum Gasteiger partial charge on any atom is 0.0547 e. The number of aromatic nitrogens is 1. The highest BCUT2D eigenvalue weighted by Gasteiger charge is 2.25. The zero-order valence-electron chi connectivity index (χ0n) is 12.8. The molecule has 2 unspecified atom stereocenters. The largest absolute Gasteiger partial charge is 0.307 e. The number of pyridine rings is 1. The van der Waals surface area contributed by atoms with Gasteiger partial charge in [0.2, 0.25) is 0 Å². The molecule has 0 spiro atoms. The second kappa shape index (κ2) is 6.37. The van der Waals surface area contributed by atoms with Crippen LogP contribution >= 0.6 is 0 Å². The topological polar surface area (TPSA) is 28.2 Å². The number of hydrogen-bond donors (Lipinski definition) is 1. The molecule has 1 fully saturated rings. The van der Waals surface area contributed by atoms with E-state index in [0.29, 0.717) is 12.1 Å². The average Bonchev–Trinajstić information content (AvgIpc) is 2.50. The van der Waals surface area contributed by atoms with Crippen molar-refractivity contribution in [3.8, 4) is 0 Å². The lowest BCUT2D eigenvalue weighted by Gasteiger charge is -2.38. The number of nitrogens with one attached hydrogen (secondary N) is 1. The molecule has 1 aromatic carbocycles. The van der Waals surface area contributed by atoms with Crippen molar-refractivity contribution in [2.75, 3.05) is 13.1 Å². The van der Waals surface area contributed by atoms with Crippen molar-refractivity contribution in [1.29, 1.82) is 0 Å². The lowest BCUT2D eigenvalue weighted by molar-refractivity contribution is 0.132. The summed E-state index contributed by atoms with van der Waals surface area (Å²) in [6, 6.07) is 17.9.